The largest absolute Gasteiger partial charge is 0.481 e. The Kier molecular flexibility index (Phi) is 6.37. The number of rotatable bonds is 6. The van der Waals surface area contributed by atoms with Crippen LogP contribution in [-0.2, 0) is 9.59 Å². The topological polar surface area (TPSA) is 95.5 Å². The zero-order valence-corrected chi connectivity index (χ0v) is 13.4. The van der Waals surface area contributed by atoms with Gasteiger partial charge in [0.15, 0.2) is 0 Å². The summed E-state index contributed by atoms with van der Waals surface area (Å²) in [5.74, 6) is -3.02. The van der Waals surface area contributed by atoms with E-state index >= 15 is 0 Å². The second kappa shape index (κ2) is 7.79. The molecule has 0 spiro atoms. The van der Waals surface area contributed by atoms with E-state index in [1.807, 2.05) is 13.8 Å². The molecule has 2 amide bonds. The van der Waals surface area contributed by atoms with Gasteiger partial charge in [-0.1, -0.05) is 25.4 Å². The Bertz CT molecular complexity index is 587. The molecule has 1 rings (SSSR count). The molecular formula is C15H19ClN2O4. The first-order valence-electron chi connectivity index (χ1n) is 6.83. The summed E-state index contributed by atoms with van der Waals surface area (Å²) >= 11 is 6.04. The lowest BCUT2D eigenvalue weighted by molar-refractivity contribution is -0.144. The molecule has 0 bridgehead atoms. The monoisotopic (exact) mass is 326 g/mol. The maximum atomic E-state index is 11.9. The molecule has 0 heterocycles. The van der Waals surface area contributed by atoms with Gasteiger partial charge >= 0.3 is 5.97 Å². The summed E-state index contributed by atoms with van der Waals surface area (Å²) in [5, 5.41) is 14.1. The molecule has 1 aromatic carbocycles. The van der Waals surface area contributed by atoms with Crippen molar-refractivity contribution in [1.82, 2.24) is 5.32 Å². The normalized spacial score (nSPS) is 11.9. The number of carboxylic acid groups (broad SMARTS) is 1. The number of halogens is 1. The van der Waals surface area contributed by atoms with E-state index in [4.69, 9.17) is 16.7 Å². The summed E-state index contributed by atoms with van der Waals surface area (Å²) in [5.41, 5.74) is 0.634. The van der Waals surface area contributed by atoms with E-state index in [0.717, 1.165) is 0 Å². The lowest BCUT2D eigenvalue weighted by atomic mass is 10.1. The molecule has 1 aromatic rings. The third-order valence-electron chi connectivity index (χ3n) is 2.92. The van der Waals surface area contributed by atoms with E-state index in [9.17, 15) is 14.4 Å². The van der Waals surface area contributed by atoms with Crippen molar-refractivity contribution in [2.24, 2.45) is 11.8 Å². The second-order valence-electron chi connectivity index (χ2n) is 5.35. The quantitative estimate of drug-likeness (QED) is 0.699. The van der Waals surface area contributed by atoms with E-state index in [2.05, 4.69) is 10.6 Å². The highest BCUT2D eigenvalue weighted by molar-refractivity contribution is 6.34. The van der Waals surface area contributed by atoms with Crippen LogP contribution in [0.15, 0.2) is 18.2 Å². The molecule has 7 heteroatoms. The van der Waals surface area contributed by atoms with Crippen LogP contribution in [0.25, 0.3) is 0 Å². The molecular weight excluding hydrogens is 308 g/mol. The SMILES string of the molecule is CC(C)CNC(=O)c1ccc(NC(=O)[C@H](C)C(=O)O)cc1Cl. The Morgan fingerprint density at radius 1 is 1.23 bits per heavy atom. The van der Waals surface area contributed by atoms with Gasteiger partial charge in [-0.05, 0) is 31.0 Å². The van der Waals surface area contributed by atoms with Crippen molar-refractivity contribution in [2.75, 3.05) is 11.9 Å². The van der Waals surface area contributed by atoms with Gasteiger partial charge in [-0.15, -0.1) is 0 Å². The fourth-order valence-electron chi connectivity index (χ4n) is 1.53. The van der Waals surface area contributed by atoms with Gasteiger partial charge in [-0.3, -0.25) is 14.4 Å². The molecule has 0 saturated heterocycles. The van der Waals surface area contributed by atoms with Crippen molar-refractivity contribution in [2.45, 2.75) is 20.8 Å². The predicted molar refractivity (Wildman–Crippen MR) is 84.1 cm³/mol. The van der Waals surface area contributed by atoms with Crippen molar-refractivity contribution in [3.8, 4) is 0 Å². The molecule has 1 atom stereocenters. The fraction of sp³-hybridized carbons (Fsp3) is 0.400. The average Bonchev–Trinajstić information content (AvgIpc) is 2.43. The standard InChI is InChI=1S/C15H19ClN2O4/c1-8(2)7-17-14(20)11-5-4-10(6-12(11)16)18-13(19)9(3)15(21)22/h4-6,8-9H,7H2,1-3H3,(H,17,20)(H,18,19)(H,21,22)/t9-/m0/s1. The summed E-state index contributed by atoms with van der Waals surface area (Å²) < 4.78 is 0. The number of carboxylic acids is 1. The van der Waals surface area contributed by atoms with E-state index < -0.39 is 17.8 Å². The maximum absolute atomic E-state index is 11.9. The van der Waals surface area contributed by atoms with Gasteiger partial charge in [-0.25, -0.2) is 0 Å². The highest BCUT2D eigenvalue weighted by atomic mass is 35.5. The van der Waals surface area contributed by atoms with Crippen LogP contribution in [-0.4, -0.2) is 29.4 Å². The Labute approximate surface area is 133 Å². The average molecular weight is 327 g/mol. The maximum Gasteiger partial charge on any atom is 0.315 e. The fourth-order valence-corrected chi connectivity index (χ4v) is 1.80. The number of aliphatic carboxylic acids is 1. The number of benzene rings is 1. The minimum absolute atomic E-state index is 0.182. The number of amides is 2. The van der Waals surface area contributed by atoms with Crippen molar-refractivity contribution in [3.05, 3.63) is 28.8 Å². The molecule has 0 aliphatic heterocycles. The van der Waals surface area contributed by atoms with E-state index in [0.29, 0.717) is 23.7 Å². The zero-order chi connectivity index (χ0) is 16.9. The van der Waals surface area contributed by atoms with Crippen LogP contribution >= 0.6 is 11.6 Å². The number of anilines is 1. The van der Waals surface area contributed by atoms with Crippen LogP contribution in [0.3, 0.4) is 0 Å². The van der Waals surface area contributed by atoms with Gasteiger partial charge in [-0.2, -0.15) is 0 Å². The molecule has 0 aromatic heterocycles. The van der Waals surface area contributed by atoms with Gasteiger partial charge < -0.3 is 15.7 Å². The van der Waals surface area contributed by atoms with Gasteiger partial charge in [0.25, 0.3) is 5.91 Å². The lowest BCUT2D eigenvalue weighted by Crippen LogP contribution is -2.28. The molecule has 0 aliphatic rings. The summed E-state index contributed by atoms with van der Waals surface area (Å²) in [6.07, 6.45) is 0. The summed E-state index contributed by atoms with van der Waals surface area (Å²) in [4.78, 5) is 34.3. The van der Waals surface area contributed by atoms with Crippen molar-refractivity contribution < 1.29 is 19.5 Å². The molecule has 0 aliphatic carbocycles. The second-order valence-corrected chi connectivity index (χ2v) is 5.75. The Morgan fingerprint density at radius 3 is 2.36 bits per heavy atom. The van der Waals surface area contributed by atoms with Crippen LogP contribution in [0.4, 0.5) is 5.69 Å². The van der Waals surface area contributed by atoms with Crippen molar-refractivity contribution in [3.63, 3.8) is 0 Å². The Hall–Kier alpha value is -2.08. The number of nitrogens with one attached hydrogen (secondary N) is 2. The summed E-state index contributed by atoms with van der Waals surface area (Å²) in [6.45, 7) is 5.77. The van der Waals surface area contributed by atoms with Crippen LogP contribution in [0.2, 0.25) is 5.02 Å². The molecule has 0 fully saturated rings. The van der Waals surface area contributed by atoms with Gasteiger partial charge in [0.1, 0.15) is 5.92 Å². The first kappa shape index (κ1) is 18.0. The van der Waals surface area contributed by atoms with E-state index in [-0.39, 0.29) is 10.9 Å². The number of carbonyl (C=O) groups is 3. The van der Waals surface area contributed by atoms with Crippen LogP contribution in [0.1, 0.15) is 31.1 Å². The molecule has 0 saturated carbocycles. The first-order valence-corrected chi connectivity index (χ1v) is 7.21. The predicted octanol–water partition coefficient (Wildman–Crippen LogP) is 2.38. The molecule has 3 N–H and O–H groups in total. The van der Waals surface area contributed by atoms with Gasteiger partial charge in [0, 0.05) is 12.2 Å². The van der Waals surface area contributed by atoms with Crippen LogP contribution < -0.4 is 10.6 Å². The van der Waals surface area contributed by atoms with Gasteiger partial charge in [0.05, 0.1) is 10.6 Å². The zero-order valence-electron chi connectivity index (χ0n) is 12.6. The highest BCUT2D eigenvalue weighted by Gasteiger charge is 2.21. The lowest BCUT2D eigenvalue weighted by Gasteiger charge is -2.11. The minimum atomic E-state index is -1.21. The highest BCUT2D eigenvalue weighted by Crippen LogP contribution is 2.21. The Balaban J connectivity index is 2.79. The van der Waals surface area contributed by atoms with E-state index in [1.165, 1.54) is 25.1 Å². The third-order valence-corrected chi connectivity index (χ3v) is 3.23. The third kappa shape index (κ3) is 5.04. The molecule has 120 valence electrons. The number of hydrogen-bond donors (Lipinski definition) is 3. The number of carbonyl (C=O) groups excluding carboxylic acids is 2. The molecule has 22 heavy (non-hydrogen) atoms. The minimum Gasteiger partial charge on any atom is -0.481 e. The molecule has 0 radical (unpaired) electrons. The van der Waals surface area contributed by atoms with Gasteiger partial charge in [0.2, 0.25) is 5.91 Å². The summed E-state index contributed by atoms with van der Waals surface area (Å²) in [6, 6.07) is 4.40. The van der Waals surface area contributed by atoms with Crippen LogP contribution in [0.5, 0.6) is 0 Å². The number of hydrogen-bond acceptors (Lipinski definition) is 3. The van der Waals surface area contributed by atoms with Crippen LogP contribution in [0, 0.1) is 11.8 Å². The first-order chi connectivity index (χ1) is 10.2. The van der Waals surface area contributed by atoms with Crippen molar-refractivity contribution in [1.29, 1.82) is 0 Å². The smallest absolute Gasteiger partial charge is 0.315 e. The Morgan fingerprint density at radius 2 is 1.86 bits per heavy atom. The van der Waals surface area contributed by atoms with Crippen molar-refractivity contribution >= 4 is 35.1 Å². The summed E-state index contributed by atoms with van der Waals surface area (Å²) in [7, 11) is 0. The molecule has 6 nitrogen and oxygen atoms in total. The molecule has 0 unspecified atom stereocenters. The van der Waals surface area contributed by atoms with E-state index in [1.54, 1.807) is 0 Å².